The predicted octanol–water partition coefficient (Wildman–Crippen LogP) is 2.32. The minimum absolute atomic E-state index is 0.108. The van der Waals surface area contributed by atoms with Gasteiger partial charge in [0.1, 0.15) is 0 Å². The average molecular weight is 173 g/mol. The number of hydrogen-bond acceptors (Lipinski definition) is 2. The van der Waals surface area contributed by atoms with Gasteiger partial charge in [0.05, 0.1) is 12.7 Å². The van der Waals surface area contributed by atoms with Gasteiger partial charge in [0, 0.05) is 5.54 Å². The number of hydrogen-bond donors (Lipinski definition) is 1. The van der Waals surface area contributed by atoms with Gasteiger partial charge in [0.15, 0.2) is 0 Å². The second kappa shape index (κ2) is 5.55. The first-order valence-corrected chi connectivity index (χ1v) is 4.98. The summed E-state index contributed by atoms with van der Waals surface area (Å²) in [7, 11) is 0. The van der Waals surface area contributed by atoms with Crippen LogP contribution in [-0.4, -0.2) is 18.2 Å². The zero-order chi connectivity index (χ0) is 9.61. The molecule has 2 N–H and O–H groups in total. The van der Waals surface area contributed by atoms with E-state index in [-0.39, 0.29) is 5.54 Å². The van der Waals surface area contributed by atoms with Crippen LogP contribution in [-0.2, 0) is 4.74 Å². The summed E-state index contributed by atoms with van der Waals surface area (Å²) in [5.74, 6) is 0. The Balaban J connectivity index is 3.72. The van der Waals surface area contributed by atoms with Crippen LogP contribution in [0, 0.1) is 0 Å². The second-order valence-corrected chi connectivity index (χ2v) is 3.60. The molecule has 0 radical (unpaired) electrons. The maximum Gasteiger partial charge on any atom is 0.0649 e. The van der Waals surface area contributed by atoms with E-state index >= 15 is 0 Å². The molecule has 1 unspecified atom stereocenters. The van der Waals surface area contributed by atoms with E-state index in [0.717, 1.165) is 19.3 Å². The summed E-state index contributed by atoms with van der Waals surface area (Å²) in [6, 6.07) is 0. The first kappa shape index (κ1) is 11.9. The lowest BCUT2D eigenvalue weighted by Gasteiger charge is -2.27. The van der Waals surface area contributed by atoms with Crippen molar-refractivity contribution in [2.24, 2.45) is 5.73 Å². The Morgan fingerprint density at radius 1 is 1.25 bits per heavy atom. The third-order valence-electron chi connectivity index (χ3n) is 2.64. The van der Waals surface area contributed by atoms with Gasteiger partial charge in [-0.15, -0.1) is 0 Å². The van der Waals surface area contributed by atoms with Gasteiger partial charge in [-0.25, -0.2) is 0 Å². The van der Waals surface area contributed by atoms with E-state index in [4.69, 9.17) is 10.5 Å². The minimum atomic E-state index is -0.108. The van der Waals surface area contributed by atoms with E-state index in [1.807, 2.05) is 0 Å². The molecule has 0 amide bonds. The molecule has 0 spiro atoms. The highest BCUT2D eigenvalue weighted by molar-refractivity contribution is 4.80. The minimum Gasteiger partial charge on any atom is -0.377 e. The summed E-state index contributed by atoms with van der Waals surface area (Å²) in [5, 5.41) is 0. The molecule has 74 valence electrons. The summed E-state index contributed by atoms with van der Waals surface area (Å²) >= 11 is 0. The highest BCUT2D eigenvalue weighted by Gasteiger charge is 2.20. The lowest BCUT2D eigenvalue weighted by Crippen LogP contribution is -2.44. The fraction of sp³-hybridized carbons (Fsp3) is 1.00. The van der Waals surface area contributed by atoms with E-state index < -0.39 is 0 Å². The molecule has 0 fully saturated rings. The first-order chi connectivity index (χ1) is 5.58. The smallest absolute Gasteiger partial charge is 0.0649 e. The number of rotatable bonds is 6. The summed E-state index contributed by atoms with van der Waals surface area (Å²) < 4.78 is 5.61. The Kier molecular flexibility index (Phi) is 5.51. The van der Waals surface area contributed by atoms with Crippen molar-refractivity contribution < 1.29 is 4.74 Å². The van der Waals surface area contributed by atoms with Crippen molar-refractivity contribution >= 4 is 0 Å². The van der Waals surface area contributed by atoms with Crippen LogP contribution in [0.3, 0.4) is 0 Å². The Morgan fingerprint density at radius 2 is 1.75 bits per heavy atom. The van der Waals surface area contributed by atoms with E-state index in [2.05, 4.69) is 27.7 Å². The summed E-state index contributed by atoms with van der Waals surface area (Å²) in [5.41, 5.74) is 5.97. The van der Waals surface area contributed by atoms with Crippen LogP contribution < -0.4 is 5.73 Å². The van der Waals surface area contributed by atoms with E-state index in [1.54, 1.807) is 0 Å². The van der Waals surface area contributed by atoms with E-state index in [0.29, 0.717) is 12.7 Å². The summed E-state index contributed by atoms with van der Waals surface area (Å²) in [6.45, 7) is 9.13. The zero-order valence-electron chi connectivity index (χ0n) is 8.89. The largest absolute Gasteiger partial charge is 0.377 e. The van der Waals surface area contributed by atoms with Crippen LogP contribution in [0.4, 0.5) is 0 Å². The molecule has 0 heterocycles. The molecule has 0 aromatic carbocycles. The fourth-order valence-corrected chi connectivity index (χ4v) is 0.880. The highest BCUT2D eigenvalue weighted by atomic mass is 16.5. The lowest BCUT2D eigenvalue weighted by molar-refractivity contribution is 0.0256. The maximum atomic E-state index is 6.07. The van der Waals surface area contributed by atoms with Crippen LogP contribution in [0.25, 0.3) is 0 Å². The number of ether oxygens (including phenoxy) is 1. The Labute approximate surface area is 76.5 Å². The van der Waals surface area contributed by atoms with Crippen LogP contribution in [0.5, 0.6) is 0 Å². The van der Waals surface area contributed by atoms with Gasteiger partial charge in [0.25, 0.3) is 0 Å². The summed E-state index contributed by atoms with van der Waals surface area (Å²) in [4.78, 5) is 0. The van der Waals surface area contributed by atoms with Gasteiger partial charge in [-0.2, -0.15) is 0 Å². The van der Waals surface area contributed by atoms with Crippen molar-refractivity contribution in [3.63, 3.8) is 0 Å². The van der Waals surface area contributed by atoms with Gasteiger partial charge in [-0.05, 0) is 26.2 Å². The molecule has 0 saturated carbocycles. The quantitative estimate of drug-likeness (QED) is 0.669. The fourth-order valence-electron chi connectivity index (χ4n) is 0.880. The van der Waals surface area contributed by atoms with E-state index in [1.165, 1.54) is 0 Å². The first-order valence-electron chi connectivity index (χ1n) is 4.98. The molecule has 2 nitrogen and oxygen atoms in total. The molecule has 0 aromatic rings. The third-order valence-corrected chi connectivity index (χ3v) is 2.64. The van der Waals surface area contributed by atoms with Crippen molar-refractivity contribution in [3.05, 3.63) is 0 Å². The summed E-state index contributed by atoms with van der Waals surface area (Å²) in [6.07, 6.45) is 3.37. The van der Waals surface area contributed by atoms with Crippen LogP contribution in [0.15, 0.2) is 0 Å². The van der Waals surface area contributed by atoms with Gasteiger partial charge in [-0.3, -0.25) is 0 Å². The molecule has 1 atom stereocenters. The van der Waals surface area contributed by atoms with Crippen molar-refractivity contribution in [1.82, 2.24) is 0 Å². The standard InChI is InChI=1S/C10H23NO/c1-5-9(4)12-8-10(11,6-2)7-3/h9H,5-8,11H2,1-4H3. The van der Waals surface area contributed by atoms with Crippen LogP contribution >= 0.6 is 0 Å². The zero-order valence-corrected chi connectivity index (χ0v) is 8.89. The van der Waals surface area contributed by atoms with Crippen LogP contribution in [0.2, 0.25) is 0 Å². The third kappa shape index (κ3) is 4.07. The molecule has 0 aromatic heterocycles. The average Bonchev–Trinajstić information content (AvgIpc) is 2.13. The molecule has 0 bridgehead atoms. The highest BCUT2D eigenvalue weighted by Crippen LogP contribution is 2.12. The van der Waals surface area contributed by atoms with Crippen molar-refractivity contribution in [2.75, 3.05) is 6.61 Å². The molecule has 0 saturated heterocycles. The molecule has 0 aliphatic heterocycles. The monoisotopic (exact) mass is 173 g/mol. The Hall–Kier alpha value is -0.0800. The SMILES string of the molecule is CCC(C)OCC(N)(CC)CC. The van der Waals surface area contributed by atoms with Gasteiger partial charge in [-0.1, -0.05) is 20.8 Å². The molecule has 12 heavy (non-hydrogen) atoms. The van der Waals surface area contributed by atoms with Crippen molar-refractivity contribution in [2.45, 2.75) is 58.6 Å². The van der Waals surface area contributed by atoms with Gasteiger partial charge < -0.3 is 10.5 Å². The molecule has 0 aliphatic carbocycles. The van der Waals surface area contributed by atoms with Crippen molar-refractivity contribution in [1.29, 1.82) is 0 Å². The van der Waals surface area contributed by atoms with Gasteiger partial charge in [0.2, 0.25) is 0 Å². The van der Waals surface area contributed by atoms with Crippen LogP contribution in [0.1, 0.15) is 47.0 Å². The van der Waals surface area contributed by atoms with Crippen molar-refractivity contribution in [3.8, 4) is 0 Å². The van der Waals surface area contributed by atoms with E-state index in [9.17, 15) is 0 Å². The Morgan fingerprint density at radius 3 is 2.08 bits per heavy atom. The second-order valence-electron chi connectivity index (χ2n) is 3.60. The normalized spacial score (nSPS) is 14.8. The van der Waals surface area contributed by atoms with Gasteiger partial charge >= 0.3 is 0 Å². The lowest BCUT2D eigenvalue weighted by atomic mass is 9.95. The molecule has 2 heteroatoms. The molecular weight excluding hydrogens is 150 g/mol. The molecule has 0 rings (SSSR count). The molecule has 0 aliphatic rings. The number of nitrogens with two attached hydrogens (primary N) is 1. The molecular formula is C10H23NO. The predicted molar refractivity (Wildman–Crippen MR) is 53.2 cm³/mol. The maximum absolute atomic E-state index is 6.07. The Bertz CT molecular complexity index is 110. The topological polar surface area (TPSA) is 35.2 Å².